The fraction of sp³-hybridized carbons (Fsp3) is 0.0189. The van der Waals surface area contributed by atoms with Gasteiger partial charge in [0.2, 0.25) is 0 Å². The Bertz CT molecular complexity index is 3130. The summed E-state index contributed by atoms with van der Waals surface area (Å²) in [5.74, 6) is 0. The molecular weight excluding hydrogens is 667 g/mol. The average Bonchev–Trinajstić information content (AvgIpc) is 3.89. The minimum atomic E-state index is -0.457. The standard InChI is InChI=1S/C53H33NO/c1-2-18-35-34(16-1)17-13-24-36(35)39-21-6-11-30-47(39)54(49-32-14-25-41-40-22-7-12-33-50(40)55-52(41)49)48-31-15-29-46-51(48)42-23-5-10-28-45(42)53(46)43-26-8-3-19-37(43)38-20-4-9-27-44(38)53/h1-33H. The molecule has 2 nitrogen and oxygen atoms in total. The summed E-state index contributed by atoms with van der Waals surface area (Å²) in [5, 5.41) is 4.66. The maximum Gasteiger partial charge on any atom is 0.159 e. The zero-order valence-electron chi connectivity index (χ0n) is 29.9. The van der Waals surface area contributed by atoms with Gasteiger partial charge in [-0.2, -0.15) is 0 Å². The van der Waals surface area contributed by atoms with Gasteiger partial charge < -0.3 is 9.32 Å². The van der Waals surface area contributed by atoms with Gasteiger partial charge in [-0.15, -0.1) is 0 Å². The molecule has 55 heavy (non-hydrogen) atoms. The summed E-state index contributed by atoms with van der Waals surface area (Å²) in [7, 11) is 0. The first-order valence-corrected chi connectivity index (χ1v) is 19.0. The lowest BCUT2D eigenvalue weighted by molar-refractivity contribution is 0.669. The molecule has 9 aromatic carbocycles. The van der Waals surface area contributed by atoms with Crippen LogP contribution in [-0.2, 0) is 5.41 Å². The molecule has 256 valence electrons. The zero-order valence-corrected chi connectivity index (χ0v) is 29.9. The number of anilines is 3. The molecule has 1 spiro atoms. The van der Waals surface area contributed by atoms with Gasteiger partial charge in [0, 0.05) is 21.9 Å². The van der Waals surface area contributed by atoms with Gasteiger partial charge in [-0.1, -0.05) is 176 Å². The third-order valence-electron chi connectivity index (χ3n) is 12.1. The minimum Gasteiger partial charge on any atom is -0.454 e. The van der Waals surface area contributed by atoms with Gasteiger partial charge in [-0.25, -0.2) is 0 Å². The Labute approximate surface area is 319 Å². The lowest BCUT2D eigenvalue weighted by atomic mass is 9.70. The van der Waals surface area contributed by atoms with E-state index in [0.29, 0.717) is 0 Å². The summed E-state index contributed by atoms with van der Waals surface area (Å²) in [5.41, 5.74) is 17.2. The SMILES string of the molecule is c1ccc(N(c2cccc3c2-c2ccccc2C32c3ccccc3-c3ccccc32)c2cccc3c2oc2ccccc23)c(-c2cccc3ccccc23)c1. The number of para-hydroxylation sites is 3. The molecule has 2 heteroatoms. The van der Waals surface area contributed by atoms with Crippen LogP contribution in [-0.4, -0.2) is 0 Å². The van der Waals surface area contributed by atoms with E-state index in [2.05, 4.69) is 205 Å². The van der Waals surface area contributed by atoms with Crippen LogP contribution in [0.5, 0.6) is 0 Å². The van der Waals surface area contributed by atoms with Gasteiger partial charge in [0.25, 0.3) is 0 Å². The van der Waals surface area contributed by atoms with E-state index in [9.17, 15) is 0 Å². The Morgan fingerprint density at radius 3 is 1.62 bits per heavy atom. The lowest BCUT2D eigenvalue weighted by Gasteiger charge is -2.32. The molecular formula is C53H33NO. The van der Waals surface area contributed by atoms with Gasteiger partial charge >= 0.3 is 0 Å². The molecule has 0 radical (unpaired) electrons. The van der Waals surface area contributed by atoms with E-state index >= 15 is 0 Å². The highest BCUT2D eigenvalue weighted by Crippen LogP contribution is 2.65. The van der Waals surface area contributed by atoms with Crippen molar-refractivity contribution in [1.29, 1.82) is 0 Å². The van der Waals surface area contributed by atoms with Crippen molar-refractivity contribution in [2.45, 2.75) is 5.41 Å². The summed E-state index contributed by atoms with van der Waals surface area (Å²) in [6, 6.07) is 73.2. The minimum absolute atomic E-state index is 0.457. The Balaban J connectivity index is 1.22. The van der Waals surface area contributed by atoms with E-state index in [0.717, 1.165) is 44.6 Å². The Kier molecular flexibility index (Phi) is 6.29. The molecule has 2 aliphatic carbocycles. The molecule has 0 atom stereocenters. The molecule has 0 unspecified atom stereocenters. The summed E-state index contributed by atoms with van der Waals surface area (Å²) in [6.45, 7) is 0. The first-order chi connectivity index (χ1) is 27.3. The van der Waals surface area contributed by atoms with Crippen LogP contribution in [0.25, 0.3) is 66.1 Å². The summed E-state index contributed by atoms with van der Waals surface area (Å²) in [4.78, 5) is 2.48. The van der Waals surface area contributed by atoms with Crippen LogP contribution in [0.1, 0.15) is 22.3 Å². The van der Waals surface area contributed by atoms with E-state index in [4.69, 9.17) is 4.42 Å². The maximum atomic E-state index is 6.86. The van der Waals surface area contributed by atoms with Crippen molar-refractivity contribution in [2.75, 3.05) is 4.90 Å². The number of hydrogen-bond donors (Lipinski definition) is 0. The number of fused-ring (bicyclic) bond motifs is 14. The van der Waals surface area contributed by atoms with Crippen molar-refractivity contribution in [3.05, 3.63) is 222 Å². The topological polar surface area (TPSA) is 16.4 Å². The van der Waals surface area contributed by atoms with E-state index in [1.807, 2.05) is 0 Å². The molecule has 1 heterocycles. The summed E-state index contributed by atoms with van der Waals surface area (Å²) >= 11 is 0. The van der Waals surface area contributed by atoms with E-state index in [1.54, 1.807) is 0 Å². The number of furan rings is 1. The lowest BCUT2D eigenvalue weighted by Crippen LogP contribution is -2.26. The van der Waals surface area contributed by atoms with E-state index in [1.165, 1.54) is 60.8 Å². The molecule has 10 aromatic rings. The van der Waals surface area contributed by atoms with Gasteiger partial charge in [-0.3, -0.25) is 0 Å². The molecule has 0 aliphatic heterocycles. The molecule has 0 amide bonds. The third-order valence-corrected chi connectivity index (χ3v) is 12.1. The van der Waals surface area contributed by atoms with Crippen molar-refractivity contribution in [3.63, 3.8) is 0 Å². The molecule has 1 aromatic heterocycles. The van der Waals surface area contributed by atoms with Crippen LogP contribution < -0.4 is 4.90 Å². The fourth-order valence-electron chi connectivity index (χ4n) is 9.96. The highest BCUT2D eigenvalue weighted by Gasteiger charge is 2.52. The van der Waals surface area contributed by atoms with Crippen LogP contribution >= 0.6 is 0 Å². The normalized spacial score (nSPS) is 13.2. The van der Waals surface area contributed by atoms with E-state index in [-0.39, 0.29) is 0 Å². The monoisotopic (exact) mass is 699 g/mol. The fourth-order valence-corrected chi connectivity index (χ4v) is 9.96. The van der Waals surface area contributed by atoms with E-state index < -0.39 is 5.41 Å². The zero-order chi connectivity index (χ0) is 36.1. The molecule has 0 fully saturated rings. The van der Waals surface area contributed by atoms with Gasteiger partial charge in [-0.05, 0) is 79.5 Å². The molecule has 0 saturated heterocycles. The highest BCUT2D eigenvalue weighted by atomic mass is 16.3. The Morgan fingerprint density at radius 2 is 0.818 bits per heavy atom. The number of nitrogens with zero attached hydrogens (tertiary/aromatic N) is 1. The molecule has 0 bridgehead atoms. The molecule has 0 N–H and O–H groups in total. The van der Waals surface area contributed by atoms with Crippen LogP contribution in [0.3, 0.4) is 0 Å². The summed E-state index contributed by atoms with van der Waals surface area (Å²) < 4.78 is 6.86. The first-order valence-electron chi connectivity index (χ1n) is 19.0. The van der Waals surface area contributed by atoms with Gasteiger partial charge in [0.15, 0.2) is 5.58 Å². The third kappa shape index (κ3) is 4.03. The second kappa shape index (κ2) is 11.4. The Morgan fingerprint density at radius 1 is 0.327 bits per heavy atom. The van der Waals surface area contributed by atoms with Crippen LogP contribution in [0.15, 0.2) is 205 Å². The van der Waals surface area contributed by atoms with Crippen LogP contribution in [0, 0.1) is 0 Å². The molecule has 0 saturated carbocycles. The van der Waals surface area contributed by atoms with Crippen molar-refractivity contribution >= 4 is 49.8 Å². The van der Waals surface area contributed by atoms with Crippen molar-refractivity contribution < 1.29 is 4.42 Å². The second-order valence-electron chi connectivity index (χ2n) is 14.7. The second-order valence-corrected chi connectivity index (χ2v) is 14.7. The number of rotatable bonds is 4. The van der Waals surface area contributed by atoms with Gasteiger partial charge in [0.1, 0.15) is 5.58 Å². The highest BCUT2D eigenvalue weighted by molar-refractivity contribution is 6.13. The summed E-state index contributed by atoms with van der Waals surface area (Å²) in [6.07, 6.45) is 0. The first kappa shape index (κ1) is 30.3. The predicted molar refractivity (Wildman–Crippen MR) is 228 cm³/mol. The van der Waals surface area contributed by atoms with Crippen molar-refractivity contribution in [2.24, 2.45) is 0 Å². The largest absolute Gasteiger partial charge is 0.454 e. The van der Waals surface area contributed by atoms with Gasteiger partial charge in [0.05, 0.1) is 22.5 Å². The Hall–Kier alpha value is -7.16. The predicted octanol–water partition coefficient (Wildman–Crippen LogP) is 14.2. The smallest absolute Gasteiger partial charge is 0.159 e. The number of benzene rings is 9. The van der Waals surface area contributed by atoms with Crippen molar-refractivity contribution in [1.82, 2.24) is 0 Å². The quantitative estimate of drug-likeness (QED) is 0.182. The van der Waals surface area contributed by atoms with Crippen LogP contribution in [0.4, 0.5) is 17.1 Å². The van der Waals surface area contributed by atoms with Crippen LogP contribution in [0.2, 0.25) is 0 Å². The molecule has 12 rings (SSSR count). The number of hydrogen-bond acceptors (Lipinski definition) is 2. The maximum absolute atomic E-state index is 6.86. The molecule has 2 aliphatic rings. The average molecular weight is 700 g/mol. The van der Waals surface area contributed by atoms with Crippen molar-refractivity contribution in [3.8, 4) is 33.4 Å².